The number of carbonyl (C=O) groups excluding carboxylic acids is 1. The fourth-order valence-electron chi connectivity index (χ4n) is 1.49. The van der Waals surface area contributed by atoms with E-state index >= 15 is 0 Å². The van der Waals surface area contributed by atoms with Crippen molar-refractivity contribution in [3.63, 3.8) is 0 Å². The van der Waals surface area contributed by atoms with Gasteiger partial charge in [0.05, 0.1) is 6.61 Å². The van der Waals surface area contributed by atoms with E-state index < -0.39 is 15.1 Å². The van der Waals surface area contributed by atoms with E-state index in [9.17, 15) is 17.1 Å². The number of allylic oxidation sites excluding steroid dienone is 1. The predicted molar refractivity (Wildman–Crippen MR) is 67.4 cm³/mol. The number of hydrogen-bond acceptors (Lipinski definition) is 2. The van der Waals surface area contributed by atoms with Crippen molar-refractivity contribution in [1.29, 1.82) is 0 Å². The third kappa shape index (κ3) is 13.3. The van der Waals surface area contributed by atoms with Crippen molar-refractivity contribution in [2.45, 2.75) is 51.5 Å². The van der Waals surface area contributed by atoms with Gasteiger partial charge in [0, 0.05) is 12.1 Å². The molecule has 106 valence electrons. The van der Waals surface area contributed by atoms with Crippen LogP contribution in [0.1, 0.15) is 45.4 Å². The molecule has 0 saturated heterocycles. The number of hydrogen-bond donors (Lipinski definition) is 0. The SMILES string of the molecule is CC=CC(=O)OCCCCCCCC[Si](F)(F)F. The molecule has 0 spiro atoms. The van der Waals surface area contributed by atoms with Crippen molar-refractivity contribution in [3.05, 3.63) is 12.2 Å². The number of unbranched alkanes of at least 4 members (excludes halogenated alkanes) is 5. The summed E-state index contributed by atoms with van der Waals surface area (Å²) >= 11 is 0. The number of halogens is 3. The normalized spacial score (nSPS) is 12.0. The molecule has 6 heteroatoms. The molecule has 0 radical (unpaired) electrons. The molecule has 2 nitrogen and oxygen atoms in total. The van der Waals surface area contributed by atoms with Crippen LogP contribution in [-0.4, -0.2) is 21.7 Å². The summed E-state index contributed by atoms with van der Waals surface area (Å²) in [6.45, 7) is 2.13. The molecule has 0 saturated carbocycles. The summed E-state index contributed by atoms with van der Waals surface area (Å²) in [6, 6.07) is -0.548. The first-order valence-electron chi connectivity index (χ1n) is 6.32. The Bertz CT molecular complexity index is 252. The second kappa shape index (κ2) is 10.2. The molecule has 0 unspecified atom stereocenters. The molecule has 0 amide bonds. The van der Waals surface area contributed by atoms with E-state index in [4.69, 9.17) is 4.74 Å². The maximum absolute atomic E-state index is 12.0. The Balaban J connectivity index is 3.19. The number of carbonyl (C=O) groups is 1. The van der Waals surface area contributed by atoms with Crippen molar-refractivity contribution in [2.75, 3.05) is 6.61 Å². The second-order valence-electron chi connectivity index (χ2n) is 4.15. The van der Waals surface area contributed by atoms with Crippen LogP contribution < -0.4 is 0 Å². The van der Waals surface area contributed by atoms with Crippen LogP contribution >= 0.6 is 0 Å². The summed E-state index contributed by atoms with van der Waals surface area (Å²) in [5.41, 5.74) is 0. The Hall–Kier alpha value is -0.783. The van der Waals surface area contributed by atoms with E-state index in [-0.39, 0.29) is 12.4 Å². The molecule has 0 aromatic rings. The highest BCUT2D eigenvalue weighted by molar-refractivity contribution is 6.58. The second-order valence-corrected chi connectivity index (χ2v) is 5.88. The van der Waals surface area contributed by atoms with E-state index in [1.165, 1.54) is 6.08 Å². The van der Waals surface area contributed by atoms with E-state index in [1.807, 2.05) is 0 Å². The van der Waals surface area contributed by atoms with Crippen molar-refractivity contribution in [3.8, 4) is 0 Å². The number of esters is 1. The van der Waals surface area contributed by atoms with Crippen molar-refractivity contribution < 1.29 is 21.9 Å². The van der Waals surface area contributed by atoms with Gasteiger partial charge in [-0.2, -0.15) is 0 Å². The van der Waals surface area contributed by atoms with Gasteiger partial charge < -0.3 is 4.74 Å². The summed E-state index contributed by atoms with van der Waals surface area (Å²) in [4.78, 5) is 10.9. The first-order valence-corrected chi connectivity index (χ1v) is 8.16. The first-order chi connectivity index (χ1) is 8.45. The quantitative estimate of drug-likeness (QED) is 0.196. The average Bonchev–Trinajstić information content (AvgIpc) is 2.25. The zero-order valence-electron chi connectivity index (χ0n) is 10.8. The highest BCUT2D eigenvalue weighted by Gasteiger charge is 2.35. The first kappa shape index (κ1) is 17.2. The van der Waals surface area contributed by atoms with Gasteiger partial charge in [0.15, 0.2) is 0 Å². The van der Waals surface area contributed by atoms with Crippen LogP contribution in [0.15, 0.2) is 12.2 Å². The molecule has 0 aliphatic carbocycles. The third-order valence-electron chi connectivity index (χ3n) is 2.40. The number of ether oxygens (including phenoxy) is 1. The number of rotatable bonds is 10. The third-order valence-corrected chi connectivity index (χ3v) is 3.32. The van der Waals surface area contributed by atoms with Gasteiger partial charge in [0.2, 0.25) is 0 Å². The maximum Gasteiger partial charge on any atom is 0.616 e. The standard InChI is InChI=1S/C12H21F3O2Si/c1-2-9-12(16)17-10-7-5-3-4-6-8-11-18(13,14)15/h2,9H,3-8,10-11H2,1H3. The summed E-state index contributed by atoms with van der Waals surface area (Å²) in [5.74, 6) is -0.340. The van der Waals surface area contributed by atoms with E-state index in [1.54, 1.807) is 13.0 Å². The van der Waals surface area contributed by atoms with Gasteiger partial charge in [0.25, 0.3) is 0 Å². The monoisotopic (exact) mass is 282 g/mol. The summed E-state index contributed by atoms with van der Waals surface area (Å²) in [6.07, 6.45) is 7.29. The Morgan fingerprint density at radius 3 is 2.17 bits per heavy atom. The Kier molecular flexibility index (Phi) is 9.73. The van der Waals surface area contributed by atoms with Gasteiger partial charge >= 0.3 is 15.0 Å². The lowest BCUT2D eigenvalue weighted by molar-refractivity contribution is -0.137. The molecule has 0 atom stereocenters. The van der Waals surface area contributed by atoms with Gasteiger partial charge in [-0.05, 0) is 19.8 Å². The van der Waals surface area contributed by atoms with Crippen LogP contribution in [-0.2, 0) is 9.53 Å². The minimum atomic E-state index is -5.32. The van der Waals surface area contributed by atoms with E-state index in [0.717, 1.165) is 25.7 Å². The average molecular weight is 282 g/mol. The van der Waals surface area contributed by atoms with Crippen LogP contribution in [0.5, 0.6) is 0 Å². The van der Waals surface area contributed by atoms with Gasteiger partial charge in [-0.25, -0.2) is 17.1 Å². The van der Waals surface area contributed by atoms with Gasteiger partial charge in [-0.15, -0.1) is 0 Å². The van der Waals surface area contributed by atoms with Crippen molar-refractivity contribution in [1.82, 2.24) is 0 Å². The predicted octanol–water partition coefficient (Wildman–Crippen LogP) is 4.29. The van der Waals surface area contributed by atoms with Crippen LogP contribution in [0.4, 0.5) is 12.3 Å². The zero-order chi connectivity index (χ0) is 13.9. The minimum Gasteiger partial charge on any atom is -0.463 e. The lowest BCUT2D eigenvalue weighted by atomic mass is 10.1. The summed E-state index contributed by atoms with van der Waals surface area (Å²) in [7, 11) is -5.32. The molecule has 0 fully saturated rings. The van der Waals surface area contributed by atoms with Crippen LogP contribution in [0.2, 0.25) is 6.04 Å². The highest BCUT2D eigenvalue weighted by atomic mass is 28.5. The topological polar surface area (TPSA) is 26.3 Å². The Labute approximate surface area is 108 Å². The molecule has 0 heterocycles. The molecule has 0 rings (SSSR count). The van der Waals surface area contributed by atoms with E-state index in [0.29, 0.717) is 13.0 Å². The van der Waals surface area contributed by atoms with Crippen LogP contribution in [0.25, 0.3) is 0 Å². The lowest BCUT2D eigenvalue weighted by Crippen LogP contribution is -2.13. The minimum absolute atomic E-state index is 0.270. The summed E-state index contributed by atoms with van der Waals surface area (Å²) < 4.78 is 40.8. The van der Waals surface area contributed by atoms with E-state index in [2.05, 4.69) is 0 Å². The summed E-state index contributed by atoms with van der Waals surface area (Å²) in [5, 5.41) is 0. The van der Waals surface area contributed by atoms with Crippen molar-refractivity contribution in [2.24, 2.45) is 0 Å². The van der Waals surface area contributed by atoms with Gasteiger partial charge in [-0.3, -0.25) is 0 Å². The molecular weight excluding hydrogens is 261 g/mol. The fraction of sp³-hybridized carbons (Fsp3) is 0.750. The maximum atomic E-state index is 12.0. The molecule has 18 heavy (non-hydrogen) atoms. The zero-order valence-corrected chi connectivity index (χ0v) is 11.8. The lowest BCUT2D eigenvalue weighted by Gasteiger charge is -2.03. The molecule has 0 N–H and O–H groups in total. The molecule has 0 aromatic heterocycles. The molecule has 0 aliphatic rings. The van der Waals surface area contributed by atoms with Crippen LogP contribution in [0, 0.1) is 0 Å². The molecular formula is C12H21F3O2Si. The Morgan fingerprint density at radius 1 is 1.06 bits per heavy atom. The van der Waals surface area contributed by atoms with Gasteiger partial charge in [-0.1, -0.05) is 31.8 Å². The highest BCUT2D eigenvalue weighted by Crippen LogP contribution is 2.19. The smallest absolute Gasteiger partial charge is 0.463 e. The molecule has 0 aromatic carbocycles. The van der Waals surface area contributed by atoms with Crippen molar-refractivity contribution >= 4 is 15.0 Å². The van der Waals surface area contributed by atoms with Gasteiger partial charge in [0.1, 0.15) is 0 Å². The largest absolute Gasteiger partial charge is 0.616 e. The fourth-order valence-corrected chi connectivity index (χ4v) is 2.14. The Morgan fingerprint density at radius 2 is 1.61 bits per heavy atom. The molecule has 0 aliphatic heterocycles. The van der Waals surface area contributed by atoms with Crippen LogP contribution in [0.3, 0.4) is 0 Å². The molecule has 0 bridgehead atoms.